The molecule has 0 aliphatic carbocycles. The molecule has 1 aliphatic heterocycles. The molecule has 0 radical (unpaired) electrons. The molecule has 35 heavy (non-hydrogen) atoms. The zero-order chi connectivity index (χ0) is 24.4. The van der Waals surface area contributed by atoms with E-state index in [1.165, 1.54) is 11.9 Å². The molecular formula is C28H27N5O2. The predicted molar refractivity (Wildman–Crippen MR) is 136 cm³/mol. The maximum absolute atomic E-state index is 13.5. The van der Waals surface area contributed by atoms with Crippen LogP contribution in [0.4, 0.5) is 11.6 Å². The fourth-order valence-corrected chi connectivity index (χ4v) is 4.21. The van der Waals surface area contributed by atoms with E-state index in [-0.39, 0.29) is 5.91 Å². The molecule has 2 N–H and O–H groups in total. The summed E-state index contributed by atoms with van der Waals surface area (Å²) in [5.74, 6) is 1.17. The fourth-order valence-electron chi connectivity index (χ4n) is 4.21. The Morgan fingerprint density at radius 1 is 1.00 bits per heavy atom. The number of carbonyl (C=O) groups excluding carboxylic acids is 1. The van der Waals surface area contributed by atoms with Crippen molar-refractivity contribution in [3.8, 4) is 5.75 Å². The summed E-state index contributed by atoms with van der Waals surface area (Å²) in [7, 11) is 0. The van der Waals surface area contributed by atoms with E-state index >= 15 is 0 Å². The summed E-state index contributed by atoms with van der Waals surface area (Å²) in [5, 5.41) is 10.6. The van der Waals surface area contributed by atoms with Crippen molar-refractivity contribution in [1.82, 2.24) is 14.8 Å². The summed E-state index contributed by atoms with van der Waals surface area (Å²) < 4.78 is 7.71. The largest absolute Gasteiger partial charge is 0.489 e. The van der Waals surface area contributed by atoms with Gasteiger partial charge in [-0.25, -0.2) is 4.68 Å². The van der Waals surface area contributed by atoms with Crippen molar-refractivity contribution < 1.29 is 9.53 Å². The smallest absolute Gasteiger partial charge is 0.255 e. The van der Waals surface area contributed by atoms with E-state index in [2.05, 4.69) is 51.9 Å². The highest BCUT2D eigenvalue weighted by Gasteiger charge is 2.33. The molecule has 4 aromatic rings. The molecule has 1 amide bonds. The van der Waals surface area contributed by atoms with Gasteiger partial charge in [0, 0.05) is 11.4 Å². The van der Waals surface area contributed by atoms with Crippen LogP contribution in [0.2, 0.25) is 0 Å². The van der Waals surface area contributed by atoms with Gasteiger partial charge < -0.3 is 15.4 Å². The number of amides is 1. The second kappa shape index (κ2) is 9.46. The summed E-state index contributed by atoms with van der Waals surface area (Å²) in [5.41, 5.74) is 6.38. The van der Waals surface area contributed by atoms with Crippen LogP contribution in [0.5, 0.6) is 5.75 Å². The minimum absolute atomic E-state index is 0.188. The highest BCUT2D eigenvalue weighted by molar-refractivity contribution is 6.06. The van der Waals surface area contributed by atoms with Crippen LogP contribution in [0, 0.1) is 13.8 Å². The molecule has 1 unspecified atom stereocenters. The molecule has 2 heterocycles. The molecule has 3 aromatic carbocycles. The Morgan fingerprint density at radius 2 is 1.77 bits per heavy atom. The summed E-state index contributed by atoms with van der Waals surface area (Å²) in [6.45, 7) is 6.43. The molecule has 0 fully saturated rings. The van der Waals surface area contributed by atoms with Crippen LogP contribution in [0.25, 0.3) is 0 Å². The molecule has 7 heteroatoms. The number of nitrogens with one attached hydrogen (secondary N) is 2. The second-order valence-corrected chi connectivity index (χ2v) is 8.76. The summed E-state index contributed by atoms with van der Waals surface area (Å²) in [6, 6.07) is 23.4. The van der Waals surface area contributed by atoms with Gasteiger partial charge in [-0.15, -0.1) is 0 Å². The third-order valence-electron chi connectivity index (χ3n) is 6.04. The summed E-state index contributed by atoms with van der Waals surface area (Å²) in [6.07, 6.45) is 1.49. The monoisotopic (exact) mass is 465 g/mol. The van der Waals surface area contributed by atoms with Crippen molar-refractivity contribution in [3.63, 3.8) is 0 Å². The molecule has 5 rings (SSSR count). The van der Waals surface area contributed by atoms with Crippen LogP contribution in [0.3, 0.4) is 0 Å². The van der Waals surface area contributed by atoms with Crippen molar-refractivity contribution in [2.75, 3.05) is 10.6 Å². The van der Waals surface area contributed by atoms with Gasteiger partial charge in [-0.3, -0.25) is 4.79 Å². The van der Waals surface area contributed by atoms with Crippen LogP contribution in [-0.2, 0) is 11.4 Å². The second-order valence-electron chi connectivity index (χ2n) is 8.76. The molecule has 1 aromatic heterocycles. The number of aromatic nitrogens is 3. The molecular weight excluding hydrogens is 438 g/mol. The maximum atomic E-state index is 13.5. The van der Waals surface area contributed by atoms with Gasteiger partial charge in [-0.2, -0.15) is 10.1 Å². The van der Waals surface area contributed by atoms with Gasteiger partial charge in [0.25, 0.3) is 5.91 Å². The molecule has 1 atom stereocenters. The number of hydrogen-bond acceptors (Lipinski definition) is 5. The van der Waals surface area contributed by atoms with E-state index in [9.17, 15) is 4.79 Å². The Kier molecular flexibility index (Phi) is 6.06. The van der Waals surface area contributed by atoms with Gasteiger partial charge in [0.15, 0.2) is 0 Å². The van der Waals surface area contributed by atoms with Crippen LogP contribution in [-0.4, -0.2) is 20.7 Å². The average molecular weight is 466 g/mol. The van der Waals surface area contributed by atoms with E-state index in [1.54, 1.807) is 4.68 Å². The van der Waals surface area contributed by atoms with Gasteiger partial charge in [-0.05, 0) is 61.7 Å². The zero-order valence-corrected chi connectivity index (χ0v) is 19.9. The molecule has 0 saturated carbocycles. The minimum Gasteiger partial charge on any atom is -0.489 e. The van der Waals surface area contributed by atoms with E-state index in [0.29, 0.717) is 18.1 Å². The number of allylic oxidation sites excluding steroid dienone is 1. The fraction of sp³-hybridized carbons (Fsp3) is 0.179. The Morgan fingerprint density at radius 3 is 2.51 bits per heavy atom. The highest BCUT2D eigenvalue weighted by atomic mass is 16.5. The molecule has 0 saturated heterocycles. The lowest BCUT2D eigenvalue weighted by atomic mass is 9.95. The number of ether oxygens (including phenoxy) is 1. The number of hydrogen-bond donors (Lipinski definition) is 2. The van der Waals surface area contributed by atoms with Gasteiger partial charge in [0.2, 0.25) is 5.95 Å². The van der Waals surface area contributed by atoms with Crippen molar-refractivity contribution in [1.29, 1.82) is 0 Å². The topological polar surface area (TPSA) is 81.1 Å². The van der Waals surface area contributed by atoms with Crippen molar-refractivity contribution in [2.45, 2.75) is 33.4 Å². The molecule has 176 valence electrons. The number of aryl methyl sites for hydroxylation is 2. The SMILES string of the molecule is CC1=C(C(=O)Nc2cccc(C)c2)C(c2ccc(OCc3ccc(C)cc3)cc2)n2ncnc2N1. The molecule has 7 nitrogen and oxygen atoms in total. The lowest BCUT2D eigenvalue weighted by molar-refractivity contribution is -0.113. The zero-order valence-electron chi connectivity index (χ0n) is 19.9. The van der Waals surface area contributed by atoms with Gasteiger partial charge in [0.05, 0.1) is 5.57 Å². The van der Waals surface area contributed by atoms with Crippen molar-refractivity contribution >= 4 is 17.5 Å². The Bertz CT molecular complexity index is 1390. The third-order valence-corrected chi connectivity index (χ3v) is 6.04. The summed E-state index contributed by atoms with van der Waals surface area (Å²) in [4.78, 5) is 17.8. The first kappa shape index (κ1) is 22.4. The molecule has 1 aliphatic rings. The Balaban J connectivity index is 1.40. The number of nitrogens with zero attached hydrogens (tertiary/aromatic N) is 3. The highest BCUT2D eigenvalue weighted by Crippen LogP contribution is 2.35. The van der Waals surface area contributed by atoms with E-state index < -0.39 is 6.04 Å². The Labute approximate surface area is 204 Å². The van der Waals surface area contributed by atoms with E-state index in [4.69, 9.17) is 4.74 Å². The van der Waals surface area contributed by atoms with Crippen LogP contribution >= 0.6 is 0 Å². The Hall–Kier alpha value is -4.39. The number of benzene rings is 3. The molecule has 0 bridgehead atoms. The first-order valence-corrected chi connectivity index (χ1v) is 11.5. The van der Waals surface area contributed by atoms with Gasteiger partial charge >= 0.3 is 0 Å². The van der Waals surface area contributed by atoms with Gasteiger partial charge in [-0.1, -0.05) is 54.1 Å². The first-order valence-electron chi connectivity index (χ1n) is 11.5. The van der Waals surface area contributed by atoms with Crippen LogP contribution < -0.4 is 15.4 Å². The predicted octanol–water partition coefficient (Wildman–Crippen LogP) is 5.40. The van der Waals surface area contributed by atoms with Crippen LogP contribution in [0.15, 0.2) is 90.4 Å². The summed E-state index contributed by atoms with van der Waals surface area (Å²) >= 11 is 0. The third kappa shape index (κ3) is 4.80. The number of rotatable bonds is 6. The minimum atomic E-state index is -0.426. The maximum Gasteiger partial charge on any atom is 0.255 e. The lowest BCUT2D eigenvalue weighted by Gasteiger charge is -2.29. The van der Waals surface area contributed by atoms with E-state index in [0.717, 1.165) is 33.8 Å². The standard InChI is InChI=1S/C28H27N5O2/c1-18-7-9-21(10-8-18)16-35-24-13-11-22(12-14-24)26-25(20(3)31-28-29-17-30-33(26)28)27(34)32-23-6-4-5-19(2)15-23/h4-15,17,26H,16H2,1-3H3,(H,32,34)(H,29,30,31). The first-order chi connectivity index (χ1) is 17.0. The van der Waals surface area contributed by atoms with Crippen molar-refractivity contribution in [3.05, 3.63) is 113 Å². The lowest BCUT2D eigenvalue weighted by Crippen LogP contribution is -2.31. The number of anilines is 2. The number of carbonyl (C=O) groups is 1. The normalized spacial score (nSPS) is 14.8. The van der Waals surface area contributed by atoms with E-state index in [1.807, 2.05) is 62.4 Å². The number of fused-ring (bicyclic) bond motifs is 1. The van der Waals surface area contributed by atoms with Crippen molar-refractivity contribution in [2.24, 2.45) is 0 Å². The molecule has 0 spiro atoms. The average Bonchev–Trinajstić information content (AvgIpc) is 3.31. The quantitative estimate of drug-likeness (QED) is 0.398. The van der Waals surface area contributed by atoms with Gasteiger partial charge in [0.1, 0.15) is 24.7 Å². The van der Waals surface area contributed by atoms with Crippen LogP contribution in [0.1, 0.15) is 35.2 Å².